The Bertz CT molecular complexity index is 509. The fourth-order valence-electron chi connectivity index (χ4n) is 1.39. The van der Waals surface area contributed by atoms with Gasteiger partial charge in [0, 0.05) is 5.75 Å². The summed E-state index contributed by atoms with van der Waals surface area (Å²) in [5.74, 6) is 0.129. The Balaban J connectivity index is 1.95. The fourth-order valence-corrected chi connectivity index (χ4v) is 3.42. The van der Waals surface area contributed by atoms with Crippen molar-refractivity contribution in [2.75, 3.05) is 12.4 Å². The number of aromatic nitrogens is 1. The maximum atomic E-state index is 11.4. The van der Waals surface area contributed by atoms with Crippen LogP contribution in [0, 0.1) is 0 Å². The number of hydrogen-bond donors (Lipinski definition) is 1. The third-order valence-electron chi connectivity index (χ3n) is 2.25. The summed E-state index contributed by atoms with van der Waals surface area (Å²) in [5.41, 5.74) is 6.71. The molecule has 2 rings (SSSR count). The van der Waals surface area contributed by atoms with Crippen LogP contribution < -0.4 is 5.73 Å². The van der Waals surface area contributed by atoms with Gasteiger partial charge in [0.15, 0.2) is 4.34 Å². The molecule has 1 aromatic carbocycles. The lowest BCUT2D eigenvalue weighted by Gasteiger charge is -2.08. The van der Waals surface area contributed by atoms with E-state index in [0.29, 0.717) is 12.4 Å². The zero-order valence-corrected chi connectivity index (χ0v) is 11.6. The highest BCUT2D eigenvalue weighted by molar-refractivity contribution is 8.01. The number of thiazole rings is 1. The van der Waals surface area contributed by atoms with E-state index in [-0.39, 0.29) is 5.97 Å². The van der Waals surface area contributed by atoms with Crippen molar-refractivity contribution < 1.29 is 9.53 Å². The first kappa shape index (κ1) is 13.3. The molecule has 0 radical (unpaired) electrons. The van der Waals surface area contributed by atoms with Gasteiger partial charge < -0.3 is 10.5 Å². The molecule has 4 nitrogen and oxygen atoms in total. The SMILES string of the molecule is CCOC(=O)C(N)CSc1nc2ccccc2s1. The predicted molar refractivity (Wildman–Crippen MR) is 75.0 cm³/mol. The number of hydrogen-bond acceptors (Lipinski definition) is 6. The molecule has 0 amide bonds. The number of carbonyl (C=O) groups is 1. The molecule has 1 atom stereocenters. The topological polar surface area (TPSA) is 65.2 Å². The average Bonchev–Trinajstić information content (AvgIpc) is 2.78. The predicted octanol–water partition coefficient (Wildman–Crippen LogP) is 2.28. The number of benzene rings is 1. The molecule has 6 heteroatoms. The summed E-state index contributed by atoms with van der Waals surface area (Å²) >= 11 is 3.10. The Kier molecular flexibility index (Phi) is 4.57. The van der Waals surface area contributed by atoms with Crippen molar-refractivity contribution in [1.82, 2.24) is 4.98 Å². The molecule has 0 bridgehead atoms. The second-order valence-electron chi connectivity index (χ2n) is 3.62. The van der Waals surface area contributed by atoms with Crippen molar-refractivity contribution in [3.05, 3.63) is 24.3 Å². The molecule has 1 unspecified atom stereocenters. The summed E-state index contributed by atoms with van der Waals surface area (Å²) in [6.07, 6.45) is 0. The van der Waals surface area contributed by atoms with Crippen LogP contribution in [-0.4, -0.2) is 29.4 Å². The van der Waals surface area contributed by atoms with Gasteiger partial charge in [-0.25, -0.2) is 4.98 Å². The molecule has 0 fully saturated rings. The third kappa shape index (κ3) is 3.22. The van der Waals surface area contributed by atoms with E-state index in [2.05, 4.69) is 4.98 Å². The van der Waals surface area contributed by atoms with Crippen LogP contribution in [0.4, 0.5) is 0 Å². The summed E-state index contributed by atoms with van der Waals surface area (Å²) in [4.78, 5) is 15.8. The molecule has 0 aliphatic carbocycles. The number of thioether (sulfide) groups is 1. The van der Waals surface area contributed by atoms with Gasteiger partial charge in [-0.1, -0.05) is 23.9 Å². The summed E-state index contributed by atoms with van der Waals surface area (Å²) in [7, 11) is 0. The third-order valence-corrected chi connectivity index (χ3v) is 4.55. The standard InChI is InChI=1S/C12H14N2O2S2/c1-2-16-11(15)8(13)7-17-12-14-9-5-3-4-6-10(9)18-12/h3-6,8H,2,7,13H2,1H3. The average molecular weight is 282 g/mol. The molecule has 0 saturated carbocycles. The molecule has 2 aromatic rings. The number of ether oxygens (including phenoxy) is 1. The van der Waals surface area contributed by atoms with Gasteiger partial charge in [-0.2, -0.15) is 0 Å². The van der Waals surface area contributed by atoms with Crippen LogP contribution in [-0.2, 0) is 9.53 Å². The first-order chi connectivity index (χ1) is 8.70. The van der Waals surface area contributed by atoms with E-state index in [0.717, 1.165) is 14.6 Å². The Morgan fingerprint density at radius 1 is 1.56 bits per heavy atom. The van der Waals surface area contributed by atoms with E-state index in [1.54, 1.807) is 18.3 Å². The van der Waals surface area contributed by atoms with Crippen LogP contribution in [0.2, 0.25) is 0 Å². The van der Waals surface area contributed by atoms with E-state index in [1.165, 1.54) is 11.8 Å². The number of nitrogens with zero attached hydrogens (tertiary/aromatic N) is 1. The van der Waals surface area contributed by atoms with Gasteiger partial charge in [-0.05, 0) is 19.1 Å². The van der Waals surface area contributed by atoms with Gasteiger partial charge >= 0.3 is 5.97 Å². The van der Waals surface area contributed by atoms with Crippen LogP contribution in [0.15, 0.2) is 28.6 Å². The lowest BCUT2D eigenvalue weighted by Crippen LogP contribution is -2.34. The minimum Gasteiger partial charge on any atom is -0.465 e. The van der Waals surface area contributed by atoms with Crippen LogP contribution in [0.5, 0.6) is 0 Å². The minimum absolute atomic E-state index is 0.355. The number of esters is 1. The van der Waals surface area contributed by atoms with Gasteiger partial charge in [0.05, 0.1) is 16.8 Å². The molecule has 1 heterocycles. The Morgan fingerprint density at radius 2 is 2.33 bits per heavy atom. The Labute approximate surface area is 114 Å². The zero-order valence-electron chi connectivity index (χ0n) is 9.96. The van der Waals surface area contributed by atoms with Gasteiger partial charge in [0.2, 0.25) is 0 Å². The highest BCUT2D eigenvalue weighted by Crippen LogP contribution is 2.29. The Hall–Kier alpha value is -1.11. The molecule has 18 heavy (non-hydrogen) atoms. The molecule has 96 valence electrons. The van der Waals surface area contributed by atoms with Gasteiger partial charge in [-0.15, -0.1) is 11.3 Å². The van der Waals surface area contributed by atoms with E-state index < -0.39 is 6.04 Å². The van der Waals surface area contributed by atoms with Crippen molar-refractivity contribution in [3.8, 4) is 0 Å². The molecule has 2 N–H and O–H groups in total. The maximum absolute atomic E-state index is 11.4. The van der Waals surface area contributed by atoms with E-state index in [4.69, 9.17) is 10.5 Å². The number of rotatable bonds is 5. The van der Waals surface area contributed by atoms with Crippen LogP contribution in [0.3, 0.4) is 0 Å². The number of fused-ring (bicyclic) bond motifs is 1. The zero-order chi connectivity index (χ0) is 13.0. The molecular formula is C12H14N2O2S2. The molecule has 0 saturated heterocycles. The van der Waals surface area contributed by atoms with Gasteiger partial charge in [-0.3, -0.25) is 4.79 Å². The number of para-hydroxylation sites is 1. The van der Waals surface area contributed by atoms with Crippen LogP contribution in [0.25, 0.3) is 10.2 Å². The molecule has 0 aliphatic heterocycles. The normalized spacial score (nSPS) is 12.6. The van der Waals surface area contributed by atoms with E-state index in [9.17, 15) is 4.79 Å². The van der Waals surface area contributed by atoms with E-state index in [1.807, 2.05) is 24.3 Å². The van der Waals surface area contributed by atoms with E-state index >= 15 is 0 Å². The van der Waals surface area contributed by atoms with Crippen molar-refractivity contribution in [3.63, 3.8) is 0 Å². The lowest BCUT2D eigenvalue weighted by molar-refractivity contribution is -0.144. The lowest BCUT2D eigenvalue weighted by atomic mass is 10.3. The summed E-state index contributed by atoms with van der Waals surface area (Å²) < 4.78 is 6.93. The van der Waals surface area contributed by atoms with Crippen molar-refractivity contribution in [1.29, 1.82) is 0 Å². The minimum atomic E-state index is -0.595. The summed E-state index contributed by atoms with van der Waals surface area (Å²) in [6.45, 7) is 2.13. The van der Waals surface area contributed by atoms with Gasteiger partial charge in [0.1, 0.15) is 6.04 Å². The van der Waals surface area contributed by atoms with Crippen molar-refractivity contribution >= 4 is 39.3 Å². The highest BCUT2D eigenvalue weighted by atomic mass is 32.2. The number of carbonyl (C=O) groups excluding carboxylic acids is 1. The van der Waals surface area contributed by atoms with Gasteiger partial charge in [0.25, 0.3) is 0 Å². The van der Waals surface area contributed by atoms with Crippen molar-refractivity contribution in [2.24, 2.45) is 5.73 Å². The quantitative estimate of drug-likeness (QED) is 0.673. The first-order valence-electron chi connectivity index (χ1n) is 5.61. The largest absolute Gasteiger partial charge is 0.465 e. The van der Waals surface area contributed by atoms with Crippen molar-refractivity contribution in [2.45, 2.75) is 17.3 Å². The van der Waals surface area contributed by atoms with Crippen LogP contribution in [0.1, 0.15) is 6.92 Å². The molecular weight excluding hydrogens is 268 g/mol. The molecule has 1 aromatic heterocycles. The number of nitrogens with two attached hydrogens (primary N) is 1. The maximum Gasteiger partial charge on any atom is 0.323 e. The second kappa shape index (κ2) is 6.17. The second-order valence-corrected chi connectivity index (χ2v) is 5.91. The smallest absolute Gasteiger partial charge is 0.323 e. The first-order valence-corrected chi connectivity index (χ1v) is 7.41. The summed E-state index contributed by atoms with van der Waals surface area (Å²) in [5, 5.41) is 0. The Morgan fingerprint density at radius 3 is 3.06 bits per heavy atom. The molecule has 0 spiro atoms. The summed E-state index contributed by atoms with van der Waals surface area (Å²) in [6, 6.07) is 7.35. The highest BCUT2D eigenvalue weighted by Gasteiger charge is 2.15. The monoisotopic (exact) mass is 282 g/mol. The fraction of sp³-hybridized carbons (Fsp3) is 0.333. The van der Waals surface area contributed by atoms with Crippen LogP contribution >= 0.6 is 23.1 Å². The molecule has 0 aliphatic rings.